The van der Waals surface area contributed by atoms with Gasteiger partial charge in [0.25, 0.3) is 0 Å². The van der Waals surface area contributed by atoms with Crippen molar-refractivity contribution in [3.05, 3.63) is 0 Å². The third-order valence-corrected chi connectivity index (χ3v) is 6.75. The smallest absolute Gasteiger partial charge is 0.0662 e. The number of rotatable bonds is 2. The van der Waals surface area contributed by atoms with E-state index >= 15 is 0 Å². The molecule has 2 saturated carbocycles. The fourth-order valence-corrected chi connectivity index (χ4v) is 6.46. The molecule has 3 fully saturated rings. The summed E-state index contributed by atoms with van der Waals surface area (Å²) in [7, 11) is -0.00793. The molecule has 3 rings (SSSR count). The molecule has 3 aliphatic rings. The van der Waals surface area contributed by atoms with Crippen LogP contribution in [-0.2, 0) is 14.5 Å². The molecule has 3 nitrogen and oxygen atoms in total. The fraction of sp³-hybridized carbons (Fsp3) is 1.00. The third kappa shape index (κ3) is 1.62. The first-order chi connectivity index (χ1) is 6.97. The van der Waals surface area contributed by atoms with E-state index in [0.29, 0.717) is 11.5 Å². The lowest BCUT2D eigenvalue weighted by molar-refractivity contribution is -0.126. The van der Waals surface area contributed by atoms with Crippen LogP contribution in [0.4, 0.5) is 0 Å². The fourth-order valence-electron chi connectivity index (χ4n) is 3.32. The van der Waals surface area contributed by atoms with Gasteiger partial charge in [-0.25, -0.2) is 8.57 Å². The maximum absolute atomic E-state index is 12.2. The van der Waals surface area contributed by atoms with Crippen molar-refractivity contribution in [2.24, 2.45) is 9.78 Å². The van der Waals surface area contributed by atoms with Crippen molar-refractivity contribution in [3.8, 4) is 0 Å². The molecular formula is C11H19NO2S. The summed E-state index contributed by atoms with van der Waals surface area (Å²) in [6, 6.07) is 0.448. The molecule has 1 saturated heterocycles. The summed E-state index contributed by atoms with van der Waals surface area (Å²) in [6.07, 6.45) is 4.49. The molecule has 1 aliphatic heterocycles. The van der Waals surface area contributed by atoms with Crippen LogP contribution in [0.1, 0.15) is 32.6 Å². The maximum Gasteiger partial charge on any atom is 0.0662 e. The Kier molecular flexibility index (Phi) is 1.87. The van der Waals surface area contributed by atoms with E-state index in [4.69, 9.17) is 4.74 Å². The highest BCUT2D eigenvalue weighted by atomic mass is 32.2. The van der Waals surface area contributed by atoms with E-state index in [-0.39, 0.29) is 5.60 Å². The minimum Gasteiger partial charge on any atom is -0.378 e. The topological polar surface area (TPSA) is 38.7 Å². The van der Waals surface area contributed by atoms with E-state index in [1.807, 2.05) is 0 Å². The van der Waals surface area contributed by atoms with Crippen molar-refractivity contribution >= 4 is 9.73 Å². The molecule has 0 aromatic heterocycles. The highest BCUT2D eigenvalue weighted by Crippen LogP contribution is 2.57. The Hall–Kier alpha value is -0.0900. The Bertz CT molecular complexity index is 385. The van der Waals surface area contributed by atoms with Crippen molar-refractivity contribution in [2.45, 2.75) is 44.2 Å². The molecule has 0 bridgehead atoms. The zero-order valence-electron chi connectivity index (χ0n) is 9.49. The highest BCUT2D eigenvalue weighted by molar-refractivity contribution is 7.95. The lowest BCUT2D eigenvalue weighted by atomic mass is 9.61. The lowest BCUT2D eigenvalue weighted by Crippen LogP contribution is -2.63. The zero-order chi connectivity index (χ0) is 10.7. The van der Waals surface area contributed by atoms with Gasteiger partial charge in [0.15, 0.2) is 0 Å². The average Bonchev–Trinajstić information content (AvgIpc) is 2.82. The molecule has 1 heterocycles. The van der Waals surface area contributed by atoms with Gasteiger partial charge in [-0.05, 0) is 32.6 Å². The first-order valence-electron chi connectivity index (χ1n) is 5.73. The summed E-state index contributed by atoms with van der Waals surface area (Å²) in [5.41, 5.74) is 0.389. The van der Waals surface area contributed by atoms with E-state index < -0.39 is 9.73 Å². The molecule has 0 amide bonds. The van der Waals surface area contributed by atoms with E-state index in [0.717, 1.165) is 24.3 Å². The Balaban J connectivity index is 1.65. The van der Waals surface area contributed by atoms with E-state index in [1.54, 1.807) is 7.11 Å². The van der Waals surface area contributed by atoms with Crippen LogP contribution in [0.3, 0.4) is 0 Å². The van der Waals surface area contributed by atoms with Gasteiger partial charge >= 0.3 is 0 Å². The van der Waals surface area contributed by atoms with Gasteiger partial charge in [0.1, 0.15) is 0 Å². The predicted molar refractivity (Wildman–Crippen MR) is 60.4 cm³/mol. The molecule has 4 heteroatoms. The normalized spacial score (nSPS) is 53.5. The second-order valence-corrected chi connectivity index (χ2v) is 8.24. The molecule has 2 aliphatic carbocycles. The molecule has 0 unspecified atom stereocenters. The van der Waals surface area contributed by atoms with Crippen LogP contribution in [0, 0.1) is 5.41 Å². The van der Waals surface area contributed by atoms with Gasteiger partial charge in [-0.15, -0.1) is 0 Å². The van der Waals surface area contributed by atoms with Gasteiger partial charge in [0.05, 0.1) is 11.6 Å². The van der Waals surface area contributed by atoms with Crippen molar-refractivity contribution in [1.29, 1.82) is 0 Å². The summed E-state index contributed by atoms with van der Waals surface area (Å²) < 4.78 is 22.1. The van der Waals surface area contributed by atoms with Gasteiger partial charge in [-0.1, -0.05) is 0 Å². The molecule has 86 valence electrons. The van der Waals surface area contributed by atoms with Gasteiger partial charge in [0, 0.05) is 33.8 Å². The molecule has 15 heavy (non-hydrogen) atoms. The standard InChI is InChI=1S/C11H19NO2S/c1-10(14-2)5-11(6-10)7-15(13,8-11)12-9-3-4-9/h9H,3-8H2,1-2H3. The van der Waals surface area contributed by atoms with Crippen molar-refractivity contribution in [1.82, 2.24) is 0 Å². The first-order valence-corrected chi connectivity index (χ1v) is 7.59. The van der Waals surface area contributed by atoms with Crippen LogP contribution in [-0.4, -0.2) is 34.5 Å². The molecule has 0 aromatic rings. The Morgan fingerprint density at radius 2 is 1.93 bits per heavy atom. The largest absolute Gasteiger partial charge is 0.378 e. The second-order valence-electron chi connectivity index (χ2n) is 5.91. The van der Waals surface area contributed by atoms with E-state index in [1.165, 1.54) is 12.8 Å². The van der Waals surface area contributed by atoms with Crippen LogP contribution in [0.25, 0.3) is 0 Å². The lowest BCUT2D eigenvalue weighted by Gasteiger charge is -2.59. The molecule has 0 aromatic carbocycles. The molecule has 0 N–H and O–H groups in total. The maximum atomic E-state index is 12.2. The number of nitrogens with zero attached hydrogens (tertiary/aromatic N) is 1. The summed E-state index contributed by atoms with van der Waals surface area (Å²) in [5.74, 6) is 1.69. The van der Waals surface area contributed by atoms with Crippen molar-refractivity contribution in [2.75, 3.05) is 18.6 Å². The Morgan fingerprint density at radius 1 is 1.33 bits per heavy atom. The van der Waals surface area contributed by atoms with Crippen LogP contribution in [0.2, 0.25) is 0 Å². The summed E-state index contributed by atoms with van der Waals surface area (Å²) in [6.45, 7) is 2.15. The first kappa shape index (κ1) is 10.1. The third-order valence-electron chi connectivity index (χ3n) is 3.94. The van der Waals surface area contributed by atoms with Crippen molar-refractivity contribution in [3.63, 3.8) is 0 Å². The molecular weight excluding hydrogens is 210 g/mol. The Morgan fingerprint density at radius 3 is 2.40 bits per heavy atom. The number of ether oxygens (including phenoxy) is 1. The SMILES string of the molecule is COC1(C)CC2(C1)CS(=O)(=NC1CC1)C2. The van der Waals surface area contributed by atoms with Gasteiger partial charge < -0.3 is 4.74 Å². The quantitative estimate of drug-likeness (QED) is 0.724. The minimum absolute atomic E-state index is 0.0559. The monoisotopic (exact) mass is 229 g/mol. The van der Waals surface area contributed by atoms with Crippen LogP contribution in [0.5, 0.6) is 0 Å². The van der Waals surface area contributed by atoms with Gasteiger partial charge in [-0.3, -0.25) is 0 Å². The zero-order valence-corrected chi connectivity index (χ0v) is 10.3. The average molecular weight is 229 g/mol. The molecule has 0 atom stereocenters. The van der Waals surface area contributed by atoms with Crippen LogP contribution < -0.4 is 0 Å². The van der Waals surface area contributed by atoms with Crippen LogP contribution >= 0.6 is 0 Å². The summed E-state index contributed by atoms with van der Waals surface area (Å²) >= 11 is 0. The van der Waals surface area contributed by atoms with Gasteiger partial charge in [0.2, 0.25) is 0 Å². The minimum atomic E-state index is -1.78. The summed E-state index contributed by atoms with van der Waals surface area (Å²) in [4.78, 5) is 0. The number of hydrogen-bond acceptors (Lipinski definition) is 3. The van der Waals surface area contributed by atoms with Crippen LogP contribution in [0.15, 0.2) is 4.36 Å². The predicted octanol–water partition coefficient (Wildman–Crippen LogP) is 1.82. The van der Waals surface area contributed by atoms with Crippen molar-refractivity contribution < 1.29 is 8.95 Å². The van der Waals surface area contributed by atoms with Gasteiger partial charge in [-0.2, -0.15) is 0 Å². The second kappa shape index (κ2) is 2.77. The summed E-state index contributed by atoms with van der Waals surface area (Å²) in [5, 5.41) is 0. The van der Waals surface area contributed by atoms with E-state index in [2.05, 4.69) is 11.3 Å². The highest BCUT2D eigenvalue weighted by Gasteiger charge is 2.60. The molecule has 1 spiro atoms. The molecule has 0 radical (unpaired) electrons. The Labute approximate surface area is 91.8 Å². The number of hydrogen-bond donors (Lipinski definition) is 0. The number of methoxy groups -OCH3 is 1. The van der Waals surface area contributed by atoms with E-state index in [9.17, 15) is 4.21 Å².